The minimum Gasteiger partial charge on any atom is -0.465 e. The Labute approximate surface area is 87.3 Å². The summed E-state index contributed by atoms with van der Waals surface area (Å²) in [6.45, 7) is 0.216. The zero-order valence-corrected chi connectivity index (χ0v) is 8.89. The highest BCUT2D eigenvalue weighted by Crippen LogP contribution is 2.16. The van der Waals surface area contributed by atoms with Gasteiger partial charge in [0.1, 0.15) is 4.88 Å². The molecular formula is C10H13O3S. The smallest absolute Gasteiger partial charge is 0.348 e. The number of aryl methyl sites for hydroxylation is 1. The summed E-state index contributed by atoms with van der Waals surface area (Å²) in [5, 5.41) is 10.5. The molecule has 0 spiro atoms. The van der Waals surface area contributed by atoms with Gasteiger partial charge in [-0.05, 0) is 30.2 Å². The second-order valence-electron chi connectivity index (χ2n) is 2.89. The number of hydrogen-bond acceptors (Lipinski definition) is 4. The Hall–Kier alpha value is -0.870. The number of carbonyl (C=O) groups excluding carboxylic acids is 1. The van der Waals surface area contributed by atoms with Crippen LogP contribution in [0.3, 0.4) is 0 Å². The minimum atomic E-state index is -0.330. The van der Waals surface area contributed by atoms with Crippen LogP contribution in [-0.4, -0.2) is 24.8 Å². The summed E-state index contributed by atoms with van der Waals surface area (Å²) in [5.74, 6) is -0.330. The first-order valence-corrected chi connectivity index (χ1v) is 5.34. The van der Waals surface area contributed by atoms with Crippen molar-refractivity contribution in [3.05, 3.63) is 21.9 Å². The van der Waals surface area contributed by atoms with Crippen LogP contribution >= 0.6 is 11.3 Å². The van der Waals surface area contributed by atoms with E-state index < -0.39 is 0 Å². The highest BCUT2D eigenvalue weighted by atomic mass is 32.1. The molecule has 1 aromatic heterocycles. The number of ether oxygens (including phenoxy) is 1. The molecule has 1 heterocycles. The van der Waals surface area contributed by atoms with Gasteiger partial charge in [0.2, 0.25) is 0 Å². The molecule has 0 unspecified atom stereocenters. The maximum absolute atomic E-state index is 11.1. The van der Waals surface area contributed by atoms with Crippen LogP contribution in [0.2, 0.25) is 0 Å². The van der Waals surface area contributed by atoms with Gasteiger partial charge in [0.05, 0.1) is 7.11 Å². The summed E-state index contributed by atoms with van der Waals surface area (Å²) in [6.07, 6.45) is 2.57. The molecule has 1 rings (SSSR count). The number of rotatable bonds is 5. The van der Waals surface area contributed by atoms with Crippen molar-refractivity contribution in [2.24, 2.45) is 0 Å². The van der Waals surface area contributed by atoms with E-state index in [0.717, 1.165) is 24.8 Å². The average Bonchev–Trinajstić information content (AvgIpc) is 2.66. The second-order valence-corrected chi connectivity index (χ2v) is 3.77. The van der Waals surface area contributed by atoms with Crippen molar-refractivity contribution in [3.8, 4) is 0 Å². The van der Waals surface area contributed by atoms with Crippen LogP contribution in [0.5, 0.6) is 0 Å². The summed E-state index contributed by atoms with van der Waals surface area (Å²) >= 11 is 1.35. The van der Waals surface area contributed by atoms with Crippen LogP contribution in [0.25, 0.3) is 0 Å². The lowest BCUT2D eigenvalue weighted by Gasteiger charge is -1.94. The highest BCUT2D eigenvalue weighted by molar-refractivity contribution is 7.12. The lowest BCUT2D eigenvalue weighted by molar-refractivity contribution is 0.0606. The molecule has 0 saturated heterocycles. The van der Waals surface area contributed by atoms with Gasteiger partial charge in [0.15, 0.2) is 0 Å². The molecule has 0 aliphatic carbocycles. The van der Waals surface area contributed by atoms with Crippen molar-refractivity contribution in [1.29, 1.82) is 0 Å². The summed E-state index contributed by atoms with van der Waals surface area (Å²) in [7, 11) is 1.36. The summed E-state index contributed by atoms with van der Waals surface area (Å²) in [5.41, 5.74) is 1.02. The minimum absolute atomic E-state index is 0.216. The first-order chi connectivity index (χ1) is 6.77. The SMILES string of the molecule is COC(=O)c1[c]c(CCCCO)cs1. The number of unbranched alkanes of at least 4 members (excludes halogenated alkanes) is 1. The Balaban J connectivity index is 2.46. The van der Waals surface area contributed by atoms with Crippen molar-refractivity contribution < 1.29 is 14.6 Å². The topological polar surface area (TPSA) is 46.5 Å². The van der Waals surface area contributed by atoms with E-state index in [9.17, 15) is 4.79 Å². The van der Waals surface area contributed by atoms with E-state index in [2.05, 4.69) is 10.8 Å². The number of thiophene rings is 1. The van der Waals surface area contributed by atoms with Gasteiger partial charge in [-0.15, -0.1) is 11.3 Å². The number of methoxy groups -OCH3 is 1. The summed E-state index contributed by atoms with van der Waals surface area (Å²) < 4.78 is 4.58. The van der Waals surface area contributed by atoms with E-state index in [-0.39, 0.29) is 12.6 Å². The molecule has 0 aliphatic rings. The molecule has 0 bridgehead atoms. The van der Waals surface area contributed by atoms with Crippen molar-refractivity contribution in [2.75, 3.05) is 13.7 Å². The Morgan fingerprint density at radius 3 is 3.07 bits per heavy atom. The van der Waals surface area contributed by atoms with Gasteiger partial charge in [-0.1, -0.05) is 0 Å². The number of carbonyl (C=O) groups is 1. The normalized spacial score (nSPS) is 10.1. The molecule has 0 atom stereocenters. The van der Waals surface area contributed by atoms with Crippen LogP contribution < -0.4 is 0 Å². The van der Waals surface area contributed by atoms with Crippen molar-refractivity contribution >= 4 is 17.3 Å². The van der Waals surface area contributed by atoms with Gasteiger partial charge < -0.3 is 9.84 Å². The van der Waals surface area contributed by atoms with Crippen LogP contribution in [0, 0.1) is 6.07 Å². The fourth-order valence-corrected chi connectivity index (χ4v) is 1.88. The van der Waals surface area contributed by atoms with Crippen molar-refractivity contribution in [3.63, 3.8) is 0 Å². The molecule has 0 fully saturated rings. The first-order valence-electron chi connectivity index (χ1n) is 4.46. The molecular weight excluding hydrogens is 200 g/mol. The number of aliphatic hydroxyl groups excluding tert-OH is 1. The third-order valence-electron chi connectivity index (χ3n) is 1.82. The molecule has 0 amide bonds. The molecule has 1 N–H and O–H groups in total. The largest absolute Gasteiger partial charge is 0.465 e. The second kappa shape index (κ2) is 5.78. The third kappa shape index (κ3) is 3.12. The van der Waals surface area contributed by atoms with E-state index in [1.165, 1.54) is 18.4 Å². The highest BCUT2D eigenvalue weighted by Gasteiger charge is 2.08. The van der Waals surface area contributed by atoms with Crippen molar-refractivity contribution in [2.45, 2.75) is 19.3 Å². The summed E-state index contributed by atoms with van der Waals surface area (Å²) in [6, 6.07) is 2.99. The van der Waals surface area contributed by atoms with Gasteiger partial charge in [-0.3, -0.25) is 0 Å². The molecule has 14 heavy (non-hydrogen) atoms. The Kier molecular flexibility index (Phi) is 4.62. The van der Waals surface area contributed by atoms with Crippen LogP contribution in [-0.2, 0) is 11.2 Å². The fraction of sp³-hybridized carbons (Fsp3) is 0.500. The standard InChI is InChI=1S/C10H13O3S/c1-13-10(12)9-6-8(7-14-9)4-2-3-5-11/h7,11H,2-5H2,1H3. The number of hydrogen-bond donors (Lipinski definition) is 1. The Morgan fingerprint density at radius 2 is 2.43 bits per heavy atom. The average molecular weight is 213 g/mol. The zero-order valence-electron chi connectivity index (χ0n) is 8.08. The maximum atomic E-state index is 11.1. The number of aliphatic hydroxyl groups is 1. The predicted molar refractivity (Wildman–Crippen MR) is 54.5 cm³/mol. The molecule has 0 saturated carbocycles. The third-order valence-corrected chi connectivity index (χ3v) is 2.72. The van der Waals surface area contributed by atoms with Crippen molar-refractivity contribution in [1.82, 2.24) is 0 Å². The summed E-state index contributed by atoms with van der Waals surface area (Å²) in [4.78, 5) is 11.6. The lowest BCUT2D eigenvalue weighted by Crippen LogP contribution is -1.97. The van der Waals surface area contributed by atoms with E-state index in [1.807, 2.05) is 5.38 Å². The molecule has 0 aromatic carbocycles. The van der Waals surface area contributed by atoms with Gasteiger partial charge >= 0.3 is 5.97 Å². The van der Waals surface area contributed by atoms with E-state index in [0.29, 0.717) is 4.88 Å². The quantitative estimate of drug-likeness (QED) is 0.597. The van der Waals surface area contributed by atoms with E-state index in [1.54, 1.807) is 0 Å². The Morgan fingerprint density at radius 1 is 1.64 bits per heavy atom. The predicted octanol–water partition coefficient (Wildman–Crippen LogP) is 1.65. The van der Waals surface area contributed by atoms with Crippen LogP contribution in [0.1, 0.15) is 28.1 Å². The first kappa shape index (κ1) is 11.2. The van der Waals surface area contributed by atoms with Crippen LogP contribution in [0.15, 0.2) is 5.38 Å². The monoisotopic (exact) mass is 213 g/mol. The number of esters is 1. The molecule has 77 valence electrons. The van der Waals surface area contributed by atoms with Gasteiger partial charge in [-0.25, -0.2) is 4.79 Å². The molecule has 1 radical (unpaired) electrons. The molecule has 4 heteroatoms. The van der Waals surface area contributed by atoms with Gasteiger partial charge in [0.25, 0.3) is 0 Å². The van der Waals surface area contributed by atoms with Gasteiger partial charge in [0, 0.05) is 12.7 Å². The fourth-order valence-electron chi connectivity index (χ4n) is 1.08. The van der Waals surface area contributed by atoms with Gasteiger partial charge in [-0.2, -0.15) is 0 Å². The van der Waals surface area contributed by atoms with Crippen LogP contribution in [0.4, 0.5) is 0 Å². The molecule has 1 aromatic rings. The molecule has 3 nitrogen and oxygen atoms in total. The lowest BCUT2D eigenvalue weighted by atomic mass is 10.1. The maximum Gasteiger partial charge on any atom is 0.348 e. The van der Waals surface area contributed by atoms with E-state index >= 15 is 0 Å². The Bertz CT molecular complexity index is 293. The molecule has 0 aliphatic heterocycles. The van der Waals surface area contributed by atoms with E-state index in [4.69, 9.17) is 5.11 Å². The zero-order chi connectivity index (χ0) is 10.4.